The Morgan fingerprint density at radius 3 is 2.74 bits per heavy atom. The van der Waals surface area contributed by atoms with E-state index in [-0.39, 0.29) is 23.3 Å². The van der Waals surface area contributed by atoms with Gasteiger partial charge in [0.05, 0.1) is 11.5 Å². The number of aliphatic hydroxyl groups excluding tert-OH is 1. The summed E-state index contributed by atoms with van der Waals surface area (Å²) in [4.78, 5) is 12.5. The summed E-state index contributed by atoms with van der Waals surface area (Å²) in [5.74, 6) is 0.297. The van der Waals surface area contributed by atoms with Gasteiger partial charge in [-0.25, -0.2) is 0 Å². The second-order valence-electron chi connectivity index (χ2n) is 5.93. The third-order valence-electron chi connectivity index (χ3n) is 4.66. The predicted molar refractivity (Wildman–Crippen MR) is 72.8 cm³/mol. The predicted octanol–water partition coefficient (Wildman–Crippen LogP) is 0.280. The molecule has 2 rings (SSSR count). The van der Waals surface area contributed by atoms with Crippen molar-refractivity contribution in [3.63, 3.8) is 0 Å². The first kappa shape index (κ1) is 14.8. The average Bonchev–Trinajstić information content (AvgIpc) is 3.03. The lowest BCUT2D eigenvalue weighted by atomic mass is 9.82. The van der Waals surface area contributed by atoms with Gasteiger partial charge in [-0.15, -0.1) is 0 Å². The van der Waals surface area contributed by atoms with E-state index in [1.165, 1.54) is 0 Å². The first-order valence-electron chi connectivity index (χ1n) is 7.34. The molecule has 110 valence electrons. The highest BCUT2D eigenvalue weighted by atomic mass is 16.5. The Morgan fingerprint density at radius 1 is 1.42 bits per heavy atom. The maximum absolute atomic E-state index is 12.5. The molecule has 5 nitrogen and oxygen atoms in total. The third kappa shape index (κ3) is 3.46. The molecule has 1 saturated heterocycles. The van der Waals surface area contributed by atoms with Crippen LogP contribution in [0.2, 0.25) is 0 Å². The van der Waals surface area contributed by atoms with Gasteiger partial charge in [0.1, 0.15) is 0 Å². The van der Waals surface area contributed by atoms with Gasteiger partial charge in [-0.2, -0.15) is 0 Å². The van der Waals surface area contributed by atoms with E-state index < -0.39 is 0 Å². The molecule has 0 aromatic carbocycles. The van der Waals surface area contributed by atoms with Crippen LogP contribution >= 0.6 is 0 Å². The number of carbonyl (C=O) groups is 1. The molecule has 1 amide bonds. The fraction of sp³-hybridized carbons (Fsp3) is 0.929. The average molecular weight is 270 g/mol. The van der Waals surface area contributed by atoms with Crippen molar-refractivity contribution in [3.05, 3.63) is 0 Å². The molecule has 19 heavy (non-hydrogen) atoms. The maximum atomic E-state index is 12.5. The van der Waals surface area contributed by atoms with E-state index in [9.17, 15) is 9.90 Å². The Kier molecular flexibility index (Phi) is 5.19. The fourth-order valence-corrected chi connectivity index (χ4v) is 3.28. The van der Waals surface area contributed by atoms with Crippen molar-refractivity contribution in [1.29, 1.82) is 0 Å². The van der Waals surface area contributed by atoms with Gasteiger partial charge >= 0.3 is 0 Å². The summed E-state index contributed by atoms with van der Waals surface area (Å²) >= 11 is 0. The van der Waals surface area contributed by atoms with Crippen LogP contribution in [-0.4, -0.2) is 50.5 Å². The lowest BCUT2D eigenvalue weighted by Gasteiger charge is -2.28. The van der Waals surface area contributed by atoms with E-state index in [1.54, 1.807) is 7.11 Å². The molecule has 0 aromatic rings. The zero-order valence-corrected chi connectivity index (χ0v) is 11.8. The van der Waals surface area contributed by atoms with Crippen molar-refractivity contribution in [2.24, 2.45) is 11.3 Å². The van der Waals surface area contributed by atoms with Crippen LogP contribution in [0.3, 0.4) is 0 Å². The quantitative estimate of drug-likeness (QED) is 0.648. The van der Waals surface area contributed by atoms with Crippen LogP contribution in [0.5, 0.6) is 0 Å². The topological polar surface area (TPSA) is 70.6 Å². The van der Waals surface area contributed by atoms with E-state index in [4.69, 9.17) is 4.74 Å². The molecule has 0 radical (unpaired) electrons. The summed E-state index contributed by atoms with van der Waals surface area (Å²) < 4.78 is 5.14. The molecule has 1 aliphatic heterocycles. The van der Waals surface area contributed by atoms with Crippen LogP contribution in [0, 0.1) is 11.3 Å². The van der Waals surface area contributed by atoms with Gasteiger partial charge in [-0.3, -0.25) is 4.79 Å². The van der Waals surface area contributed by atoms with E-state index >= 15 is 0 Å². The van der Waals surface area contributed by atoms with Gasteiger partial charge in [0.15, 0.2) is 0 Å². The molecule has 1 heterocycles. The minimum Gasteiger partial charge on any atom is -0.391 e. The number of hydrogen-bond donors (Lipinski definition) is 3. The second kappa shape index (κ2) is 6.68. The van der Waals surface area contributed by atoms with Gasteiger partial charge in [-0.1, -0.05) is 12.8 Å². The highest BCUT2D eigenvalue weighted by Gasteiger charge is 2.40. The van der Waals surface area contributed by atoms with E-state index in [2.05, 4.69) is 10.6 Å². The highest BCUT2D eigenvalue weighted by molar-refractivity contribution is 5.82. The number of rotatable bonds is 6. The van der Waals surface area contributed by atoms with Crippen LogP contribution in [0.4, 0.5) is 0 Å². The number of carbonyl (C=O) groups excluding carboxylic acids is 1. The largest absolute Gasteiger partial charge is 0.391 e. The van der Waals surface area contributed by atoms with Gasteiger partial charge < -0.3 is 20.5 Å². The van der Waals surface area contributed by atoms with E-state index in [0.717, 1.165) is 38.6 Å². The molecular formula is C14H26N2O3. The number of methoxy groups -OCH3 is 1. The number of aliphatic hydroxyl groups is 1. The second-order valence-corrected chi connectivity index (χ2v) is 5.93. The molecule has 1 saturated carbocycles. The smallest absolute Gasteiger partial charge is 0.226 e. The standard InChI is InChI=1S/C14H26N2O3/c1-19-7-6-14(4-2-3-5-14)13(18)16-9-11-8-15-10-12(11)17/h11-12,15,17H,2-10H2,1H3,(H,16,18). The fourth-order valence-electron chi connectivity index (χ4n) is 3.28. The lowest BCUT2D eigenvalue weighted by molar-refractivity contribution is -0.132. The Bertz CT molecular complexity index is 303. The number of ether oxygens (including phenoxy) is 1. The summed E-state index contributed by atoms with van der Waals surface area (Å²) in [5, 5.41) is 15.9. The minimum atomic E-state index is -0.334. The Balaban J connectivity index is 1.85. The van der Waals surface area contributed by atoms with Crippen LogP contribution in [-0.2, 0) is 9.53 Å². The molecule has 0 aromatic heterocycles. The highest BCUT2D eigenvalue weighted by Crippen LogP contribution is 2.41. The van der Waals surface area contributed by atoms with Gasteiger partial charge in [0, 0.05) is 39.3 Å². The van der Waals surface area contributed by atoms with Gasteiger partial charge in [0.25, 0.3) is 0 Å². The van der Waals surface area contributed by atoms with Crippen molar-refractivity contribution in [3.8, 4) is 0 Å². The summed E-state index contributed by atoms with van der Waals surface area (Å²) in [6, 6.07) is 0. The maximum Gasteiger partial charge on any atom is 0.226 e. The minimum absolute atomic E-state index is 0.143. The van der Waals surface area contributed by atoms with Crippen LogP contribution < -0.4 is 10.6 Å². The number of β-amino-alcohol motifs (C(OH)–C–C–N with tert-alkyl or cyclic N) is 1. The molecule has 2 atom stereocenters. The van der Waals surface area contributed by atoms with Crippen molar-refractivity contribution >= 4 is 5.91 Å². The molecule has 2 unspecified atom stereocenters. The summed E-state index contributed by atoms with van der Waals surface area (Å²) in [6.45, 7) is 2.63. The number of nitrogens with one attached hydrogen (secondary N) is 2. The van der Waals surface area contributed by atoms with Gasteiger partial charge in [-0.05, 0) is 19.3 Å². The molecule has 3 N–H and O–H groups in total. The monoisotopic (exact) mass is 270 g/mol. The molecule has 1 aliphatic carbocycles. The Hall–Kier alpha value is -0.650. The van der Waals surface area contributed by atoms with Crippen molar-refractivity contribution in [2.75, 3.05) is 33.4 Å². The van der Waals surface area contributed by atoms with Crippen LogP contribution in [0.25, 0.3) is 0 Å². The molecule has 5 heteroatoms. The van der Waals surface area contributed by atoms with Gasteiger partial charge in [0.2, 0.25) is 5.91 Å². The first-order chi connectivity index (χ1) is 9.18. The SMILES string of the molecule is COCCC1(C(=O)NCC2CNCC2O)CCCC1. The van der Waals surface area contributed by atoms with Crippen LogP contribution in [0.1, 0.15) is 32.1 Å². The number of hydrogen-bond acceptors (Lipinski definition) is 4. The molecule has 0 spiro atoms. The third-order valence-corrected chi connectivity index (χ3v) is 4.66. The van der Waals surface area contributed by atoms with Crippen molar-refractivity contribution in [1.82, 2.24) is 10.6 Å². The Morgan fingerprint density at radius 2 is 2.16 bits per heavy atom. The zero-order chi connectivity index (χ0) is 13.7. The zero-order valence-electron chi connectivity index (χ0n) is 11.8. The molecular weight excluding hydrogens is 244 g/mol. The van der Waals surface area contributed by atoms with Crippen LogP contribution in [0.15, 0.2) is 0 Å². The normalized spacial score (nSPS) is 29.6. The summed E-state index contributed by atoms with van der Waals surface area (Å²) in [6.07, 6.45) is 4.66. The van der Waals surface area contributed by atoms with Crippen molar-refractivity contribution in [2.45, 2.75) is 38.2 Å². The lowest BCUT2D eigenvalue weighted by Crippen LogP contribution is -2.43. The van der Waals surface area contributed by atoms with Crippen molar-refractivity contribution < 1.29 is 14.6 Å². The first-order valence-corrected chi connectivity index (χ1v) is 7.34. The van der Waals surface area contributed by atoms with E-state index in [1.807, 2.05) is 0 Å². The van der Waals surface area contributed by atoms with E-state index in [0.29, 0.717) is 19.7 Å². The summed E-state index contributed by atoms with van der Waals surface area (Å²) in [5.41, 5.74) is -0.229. The Labute approximate surface area is 115 Å². The molecule has 2 fully saturated rings. The molecule has 2 aliphatic rings. The molecule has 0 bridgehead atoms. The summed E-state index contributed by atoms with van der Waals surface area (Å²) in [7, 11) is 1.68. The number of amides is 1.